The number of aromatic carboxylic acids is 1. The fourth-order valence-corrected chi connectivity index (χ4v) is 1.41. The zero-order chi connectivity index (χ0) is 9.42. The summed E-state index contributed by atoms with van der Waals surface area (Å²) in [6.45, 7) is 0. The number of pyridine rings is 1. The summed E-state index contributed by atoms with van der Waals surface area (Å²) in [5.41, 5.74) is 0.992. The van der Waals surface area contributed by atoms with Crippen molar-refractivity contribution in [2.75, 3.05) is 0 Å². The van der Waals surface area contributed by atoms with Crippen LogP contribution in [-0.4, -0.2) is 16.1 Å². The standard InChI is InChI=1S/C8H4BrNO3/c9-4-1-2-10-5-3-6(8(11)12)13-7(4)5/h1-3H,(H,11,12). The second kappa shape index (κ2) is 2.85. The molecule has 13 heavy (non-hydrogen) atoms. The van der Waals surface area contributed by atoms with Crippen molar-refractivity contribution in [1.29, 1.82) is 0 Å². The van der Waals surface area contributed by atoms with Crippen molar-refractivity contribution in [3.8, 4) is 0 Å². The molecule has 0 unspecified atom stereocenters. The number of nitrogens with zero attached hydrogens (tertiary/aromatic N) is 1. The predicted octanol–water partition coefficient (Wildman–Crippen LogP) is 2.29. The van der Waals surface area contributed by atoms with Gasteiger partial charge in [-0.25, -0.2) is 4.79 Å². The van der Waals surface area contributed by atoms with Crippen molar-refractivity contribution in [3.63, 3.8) is 0 Å². The fourth-order valence-electron chi connectivity index (χ4n) is 1.01. The molecule has 0 aliphatic carbocycles. The van der Waals surface area contributed by atoms with Crippen molar-refractivity contribution in [1.82, 2.24) is 4.98 Å². The highest BCUT2D eigenvalue weighted by molar-refractivity contribution is 9.10. The van der Waals surface area contributed by atoms with E-state index in [0.29, 0.717) is 15.6 Å². The topological polar surface area (TPSA) is 63.3 Å². The molecule has 0 atom stereocenters. The molecule has 0 aliphatic heterocycles. The molecule has 0 radical (unpaired) electrons. The second-order valence-electron chi connectivity index (χ2n) is 2.42. The van der Waals surface area contributed by atoms with E-state index in [1.165, 1.54) is 6.07 Å². The first-order valence-corrected chi connectivity index (χ1v) is 4.25. The minimum Gasteiger partial charge on any atom is -0.475 e. The summed E-state index contributed by atoms with van der Waals surface area (Å²) in [6, 6.07) is 3.08. The van der Waals surface area contributed by atoms with E-state index in [-0.39, 0.29) is 5.76 Å². The van der Waals surface area contributed by atoms with E-state index in [2.05, 4.69) is 20.9 Å². The molecule has 0 fully saturated rings. The minimum absolute atomic E-state index is 0.102. The third kappa shape index (κ3) is 1.31. The molecule has 4 nitrogen and oxygen atoms in total. The molecule has 0 saturated carbocycles. The van der Waals surface area contributed by atoms with Gasteiger partial charge in [0.2, 0.25) is 5.76 Å². The Balaban J connectivity index is 2.75. The van der Waals surface area contributed by atoms with Crippen LogP contribution in [0.4, 0.5) is 0 Å². The summed E-state index contributed by atoms with van der Waals surface area (Å²) in [6.07, 6.45) is 1.58. The van der Waals surface area contributed by atoms with Gasteiger partial charge in [0.25, 0.3) is 0 Å². The monoisotopic (exact) mass is 241 g/mol. The molecule has 0 aliphatic rings. The molecule has 0 spiro atoms. The van der Waals surface area contributed by atoms with E-state index in [1.54, 1.807) is 12.3 Å². The summed E-state index contributed by atoms with van der Waals surface area (Å²) < 4.78 is 5.75. The molecule has 0 aromatic carbocycles. The van der Waals surface area contributed by atoms with Crippen molar-refractivity contribution < 1.29 is 14.3 Å². The van der Waals surface area contributed by atoms with Crippen molar-refractivity contribution in [2.24, 2.45) is 0 Å². The summed E-state index contributed by atoms with van der Waals surface area (Å²) in [5, 5.41) is 8.64. The molecule has 0 bridgehead atoms. The Bertz CT molecular complexity index is 477. The van der Waals surface area contributed by atoms with Crippen LogP contribution in [0.1, 0.15) is 10.6 Å². The lowest BCUT2D eigenvalue weighted by Gasteiger charge is -1.88. The van der Waals surface area contributed by atoms with Gasteiger partial charge in [-0.3, -0.25) is 4.98 Å². The van der Waals surface area contributed by atoms with E-state index in [1.807, 2.05) is 0 Å². The lowest BCUT2D eigenvalue weighted by atomic mass is 10.4. The highest BCUT2D eigenvalue weighted by Gasteiger charge is 2.12. The largest absolute Gasteiger partial charge is 0.475 e. The number of hydrogen-bond donors (Lipinski definition) is 1. The number of carboxylic acids is 1. The van der Waals surface area contributed by atoms with Gasteiger partial charge in [-0.05, 0) is 22.0 Å². The number of carboxylic acid groups (broad SMARTS) is 1. The summed E-state index contributed by atoms with van der Waals surface area (Å²) in [7, 11) is 0. The van der Waals surface area contributed by atoms with Crippen LogP contribution in [0.3, 0.4) is 0 Å². The normalized spacial score (nSPS) is 10.5. The van der Waals surface area contributed by atoms with Crippen molar-refractivity contribution in [3.05, 3.63) is 28.6 Å². The van der Waals surface area contributed by atoms with Gasteiger partial charge in [-0.2, -0.15) is 0 Å². The third-order valence-corrected chi connectivity index (χ3v) is 2.20. The SMILES string of the molecule is O=C(O)c1cc2nccc(Br)c2o1. The molecule has 66 valence electrons. The quantitative estimate of drug-likeness (QED) is 0.833. The second-order valence-corrected chi connectivity index (χ2v) is 3.28. The summed E-state index contributed by atoms with van der Waals surface area (Å²) >= 11 is 3.23. The number of aromatic nitrogens is 1. The molecular formula is C8H4BrNO3. The first-order valence-electron chi connectivity index (χ1n) is 3.46. The predicted molar refractivity (Wildman–Crippen MR) is 48.7 cm³/mol. The first kappa shape index (κ1) is 8.25. The summed E-state index contributed by atoms with van der Waals surface area (Å²) in [4.78, 5) is 14.5. The Hall–Kier alpha value is -1.36. The van der Waals surface area contributed by atoms with Gasteiger partial charge >= 0.3 is 5.97 Å². The molecule has 1 N–H and O–H groups in total. The molecule has 2 aromatic rings. The lowest BCUT2D eigenvalue weighted by Crippen LogP contribution is -1.91. The van der Waals surface area contributed by atoms with Gasteiger partial charge in [0.1, 0.15) is 5.52 Å². The highest BCUT2D eigenvalue weighted by Crippen LogP contribution is 2.24. The number of rotatable bonds is 1. The molecule has 0 amide bonds. The third-order valence-electron chi connectivity index (χ3n) is 1.57. The van der Waals surface area contributed by atoms with Gasteiger partial charge in [0, 0.05) is 12.3 Å². The highest BCUT2D eigenvalue weighted by atomic mass is 79.9. The number of hydrogen-bond acceptors (Lipinski definition) is 3. The van der Waals surface area contributed by atoms with Crippen LogP contribution in [-0.2, 0) is 0 Å². The smallest absolute Gasteiger partial charge is 0.371 e. The molecule has 0 saturated heterocycles. The average Bonchev–Trinajstić information content (AvgIpc) is 2.49. The average molecular weight is 242 g/mol. The van der Waals surface area contributed by atoms with Gasteiger partial charge < -0.3 is 9.52 Å². The van der Waals surface area contributed by atoms with E-state index in [0.717, 1.165) is 0 Å². The zero-order valence-electron chi connectivity index (χ0n) is 6.32. The van der Waals surface area contributed by atoms with Crippen molar-refractivity contribution in [2.45, 2.75) is 0 Å². The van der Waals surface area contributed by atoms with Crippen LogP contribution in [0.5, 0.6) is 0 Å². The number of furan rings is 1. The molecule has 2 rings (SSSR count). The number of carbonyl (C=O) groups is 1. The van der Waals surface area contributed by atoms with Crippen LogP contribution in [0, 0.1) is 0 Å². The molecule has 2 aromatic heterocycles. The maximum absolute atomic E-state index is 10.5. The van der Waals surface area contributed by atoms with E-state index in [4.69, 9.17) is 9.52 Å². The number of fused-ring (bicyclic) bond motifs is 1. The zero-order valence-corrected chi connectivity index (χ0v) is 7.91. The molecular weight excluding hydrogens is 238 g/mol. The van der Waals surface area contributed by atoms with Crippen LogP contribution < -0.4 is 0 Å². The van der Waals surface area contributed by atoms with Gasteiger partial charge in [-0.15, -0.1) is 0 Å². The van der Waals surface area contributed by atoms with E-state index in [9.17, 15) is 4.79 Å². The Morgan fingerprint density at radius 2 is 2.38 bits per heavy atom. The van der Waals surface area contributed by atoms with Crippen molar-refractivity contribution >= 4 is 33.0 Å². The van der Waals surface area contributed by atoms with Crippen LogP contribution >= 0.6 is 15.9 Å². The van der Waals surface area contributed by atoms with Gasteiger partial charge in [0.15, 0.2) is 5.58 Å². The van der Waals surface area contributed by atoms with Gasteiger partial charge in [-0.1, -0.05) is 0 Å². The first-order chi connectivity index (χ1) is 6.18. The Kier molecular flexibility index (Phi) is 1.81. The Morgan fingerprint density at radius 3 is 3.00 bits per heavy atom. The van der Waals surface area contributed by atoms with Gasteiger partial charge in [0.05, 0.1) is 4.47 Å². The molecule has 2 heterocycles. The maximum Gasteiger partial charge on any atom is 0.371 e. The summed E-state index contributed by atoms with van der Waals surface area (Å²) in [5.74, 6) is -1.20. The van der Waals surface area contributed by atoms with E-state index < -0.39 is 5.97 Å². The minimum atomic E-state index is -1.09. The van der Waals surface area contributed by atoms with E-state index >= 15 is 0 Å². The maximum atomic E-state index is 10.5. The molecule has 5 heteroatoms. The van der Waals surface area contributed by atoms with Crippen LogP contribution in [0.25, 0.3) is 11.1 Å². The Morgan fingerprint density at radius 1 is 1.62 bits per heavy atom. The fraction of sp³-hybridized carbons (Fsp3) is 0. The van der Waals surface area contributed by atoms with Crippen LogP contribution in [0.15, 0.2) is 27.2 Å². The lowest BCUT2D eigenvalue weighted by molar-refractivity contribution is 0.0665. The van der Waals surface area contributed by atoms with Crippen LogP contribution in [0.2, 0.25) is 0 Å². The Labute approximate surface area is 81.3 Å². The number of halogens is 1.